The second-order valence-corrected chi connectivity index (χ2v) is 7.41. The molecular formula is C21H21N3O3S. The molecule has 28 heavy (non-hydrogen) atoms. The Balaban J connectivity index is 1.40. The first-order valence-electron chi connectivity index (χ1n) is 9.24. The number of hydrogen-bond donors (Lipinski definition) is 0. The third-order valence-electron chi connectivity index (χ3n) is 4.72. The van der Waals surface area contributed by atoms with Gasteiger partial charge in [0.2, 0.25) is 17.6 Å². The van der Waals surface area contributed by atoms with Gasteiger partial charge in [-0.2, -0.15) is 16.3 Å². The Bertz CT molecular complexity index is 1080. The van der Waals surface area contributed by atoms with Crippen molar-refractivity contribution in [2.24, 2.45) is 0 Å². The maximum Gasteiger partial charge on any atom is 0.227 e. The van der Waals surface area contributed by atoms with Crippen LogP contribution in [0.4, 0.5) is 0 Å². The highest BCUT2D eigenvalue weighted by Gasteiger charge is 2.18. The van der Waals surface area contributed by atoms with Crippen LogP contribution in [0, 0.1) is 0 Å². The summed E-state index contributed by atoms with van der Waals surface area (Å²) in [5.41, 5.74) is 2.87. The Morgan fingerprint density at radius 2 is 2.11 bits per heavy atom. The van der Waals surface area contributed by atoms with E-state index in [2.05, 4.69) is 17.1 Å². The van der Waals surface area contributed by atoms with Crippen LogP contribution in [0.2, 0.25) is 0 Å². The third kappa shape index (κ3) is 3.71. The molecule has 0 saturated heterocycles. The van der Waals surface area contributed by atoms with E-state index in [1.807, 2.05) is 48.1 Å². The summed E-state index contributed by atoms with van der Waals surface area (Å²) < 4.78 is 11.2. The lowest BCUT2D eigenvalue weighted by Crippen LogP contribution is -2.26. The van der Waals surface area contributed by atoms with Crippen molar-refractivity contribution < 1.29 is 13.7 Å². The summed E-state index contributed by atoms with van der Waals surface area (Å²) >= 11 is 1.58. The van der Waals surface area contributed by atoms with Crippen molar-refractivity contribution in [3.63, 3.8) is 0 Å². The molecule has 3 heterocycles. The number of amides is 1. The van der Waals surface area contributed by atoms with E-state index in [4.69, 9.17) is 8.94 Å². The van der Waals surface area contributed by atoms with Crippen LogP contribution in [0.25, 0.3) is 22.4 Å². The second-order valence-electron chi connectivity index (χ2n) is 6.63. The number of hydrogen-bond acceptors (Lipinski definition) is 6. The molecule has 144 valence electrons. The molecule has 0 fully saturated rings. The highest BCUT2D eigenvalue weighted by Crippen LogP contribution is 2.27. The molecule has 6 nitrogen and oxygen atoms in total. The van der Waals surface area contributed by atoms with Crippen molar-refractivity contribution in [3.8, 4) is 11.4 Å². The molecule has 0 spiro atoms. The van der Waals surface area contributed by atoms with Gasteiger partial charge < -0.3 is 13.8 Å². The monoisotopic (exact) mass is 395 g/mol. The SMILES string of the molecule is CCc1oc2ccccc2c1CN(C)C(=O)CCc1nc(-c2ccsc2)no1. The van der Waals surface area contributed by atoms with Crippen LogP contribution in [0.5, 0.6) is 0 Å². The minimum absolute atomic E-state index is 0.0302. The summed E-state index contributed by atoms with van der Waals surface area (Å²) in [6.07, 6.45) is 1.53. The van der Waals surface area contributed by atoms with E-state index in [1.54, 1.807) is 16.2 Å². The van der Waals surface area contributed by atoms with Crippen LogP contribution in [-0.4, -0.2) is 28.0 Å². The summed E-state index contributed by atoms with van der Waals surface area (Å²) in [5, 5.41) is 8.98. The fourth-order valence-corrected chi connectivity index (χ4v) is 3.84. The first-order chi connectivity index (χ1) is 13.7. The van der Waals surface area contributed by atoms with Crippen molar-refractivity contribution in [2.45, 2.75) is 32.7 Å². The molecule has 0 N–H and O–H groups in total. The van der Waals surface area contributed by atoms with Gasteiger partial charge in [0.1, 0.15) is 11.3 Å². The van der Waals surface area contributed by atoms with E-state index >= 15 is 0 Å². The lowest BCUT2D eigenvalue weighted by molar-refractivity contribution is -0.130. The second kappa shape index (κ2) is 7.98. The average molecular weight is 395 g/mol. The first kappa shape index (κ1) is 18.4. The molecule has 1 amide bonds. The molecule has 7 heteroatoms. The summed E-state index contributed by atoms with van der Waals surface area (Å²) in [6.45, 7) is 2.58. The van der Waals surface area contributed by atoms with Gasteiger partial charge in [-0.3, -0.25) is 4.79 Å². The minimum atomic E-state index is 0.0302. The summed E-state index contributed by atoms with van der Waals surface area (Å²) in [5.74, 6) is 2.00. The molecule has 0 bridgehead atoms. The molecule has 3 aromatic heterocycles. The average Bonchev–Trinajstić information content (AvgIpc) is 3.45. The van der Waals surface area contributed by atoms with Crippen LogP contribution in [-0.2, 0) is 24.2 Å². The number of carbonyl (C=O) groups is 1. The molecule has 1 aromatic carbocycles. The molecule has 0 radical (unpaired) electrons. The predicted octanol–water partition coefficient (Wildman–Crippen LogP) is 4.70. The predicted molar refractivity (Wildman–Crippen MR) is 108 cm³/mol. The lowest BCUT2D eigenvalue weighted by Gasteiger charge is -2.17. The molecule has 0 aliphatic carbocycles. The zero-order valence-electron chi connectivity index (χ0n) is 15.8. The number of benzene rings is 1. The molecule has 0 aliphatic heterocycles. The van der Waals surface area contributed by atoms with Crippen LogP contribution in [0.15, 0.2) is 50.0 Å². The number of fused-ring (bicyclic) bond motifs is 1. The zero-order valence-corrected chi connectivity index (χ0v) is 16.7. The molecule has 0 unspecified atom stereocenters. The van der Waals surface area contributed by atoms with Gasteiger partial charge in [0.15, 0.2) is 0 Å². The standard InChI is InChI=1S/C21H21N3O3S/c1-3-17-16(15-6-4-5-7-18(15)26-17)12-24(2)20(25)9-8-19-22-21(23-27-19)14-10-11-28-13-14/h4-7,10-11,13H,3,8-9,12H2,1-2H3. The van der Waals surface area contributed by atoms with E-state index in [0.717, 1.165) is 34.3 Å². The summed E-state index contributed by atoms with van der Waals surface area (Å²) in [6, 6.07) is 9.89. The summed E-state index contributed by atoms with van der Waals surface area (Å²) in [7, 11) is 1.81. The van der Waals surface area contributed by atoms with Gasteiger partial charge >= 0.3 is 0 Å². The molecule has 0 aliphatic rings. The number of carbonyl (C=O) groups excluding carboxylic acids is 1. The molecule has 4 aromatic rings. The topological polar surface area (TPSA) is 72.4 Å². The Kier molecular flexibility index (Phi) is 5.25. The minimum Gasteiger partial charge on any atom is -0.461 e. The molecule has 4 rings (SSSR count). The van der Waals surface area contributed by atoms with Gasteiger partial charge in [0.25, 0.3) is 0 Å². The van der Waals surface area contributed by atoms with Crippen molar-refractivity contribution in [2.75, 3.05) is 7.05 Å². The molecule has 0 atom stereocenters. The maximum atomic E-state index is 12.6. The van der Waals surface area contributed by atoms with Gasteiger partial charge in [-0.25, -0.2) is 0 Å². The number of rotatable bonds is 7. The fourth-order valence-electron chi connectivity index (χ4n) is 3.20. The van der Waals surface area contributed by atoms with E-state index in [-0.39, 0.29) is 5.91 Å². The zero-order chi connectivity index (χ0) is 19.5. The van der Waals surface area contributed by atoms with Crippen LogP contribution in [0.1, 0.15) is 30.6 Å². The van der Waals surface area contributed by atoms with Gasteiger partial charge in [0, 0.05) is 54.7 Å². The van der Waals surface area contributed by atoms with Gasteiger partial charge in [-0.15, -0.1) is 0 Å². The normalized spacial score (nSPS) is 11.2. The van der Waals surface area contributed by atoms with Crippen molar-refractivity contribution in [1.82, 2.24) is 15.0 Å². The van der Waals surface area contributed by atoms with Gasteiger partial charge in [0.05, 0.1) is 0 Å². The third-order valence-corrected chi connectivity index (χ3v) is 5.41. The Morgan fingerprint density at radius 3 is 2.89 bits per heavy atom. The number of para-hydroxylation sites is 1. The van der Waals surface area contributed by atoms with Gasteiger partial charge in [-0.1, -0.05) is 30.3 Å². The van der Waals surface area contributed by atoms with E-state index in [9.17, 15) is 4.79 Å². The van der Waals surface area contributed by atoms with Crippen molar-refractivity contribution in [1.29, 1.82) is 0 Å². The Morgan fingerprint density at radius 1 is 1.25 bits per heavy atom. The Hall–Kier alpha value is -2.93. The Labute approximate surface area is 166 Å². The maximum absolute atomic E-state index is 12.6. The van der Waals surface area contributed by atoms with E-state index < -0.39 is 0 Å². The largest absolute Gasteiger partial charge is 0.461 e. The van der Waals surface area contributed by atoms with Crippen LogP contribution in [0.3, 0.4) is 0 Å². The smallest absolute Gasteiger partial charge is 0.227 e. The van der Waals surface area contributed by atoms with E-state index in [1.165, 1.54) is 0 Å². The number of aromatic nitrogens is 2. The lowest BCUT2D eigenvalue weighted by atomic mass is 10.1. The number of nitrogens with zero attached hydrogens (tertiary/aromatic N) is 3. The quantitative estimate of drug-likeness (QED) is 0.454. The van der Waals surface area contributed by atoms with Crippen LogP contribution >= 0.6 is 11.3 Å². The number of furan rings is 1. The fraction of sp³-hybridized carbons (Fsp3) is 0.286. The molecule has 0 saturated carbocycles. The number of aryl methyl sites for hydroxylation is 2. The van der Waals surface area contributed by atoms with E-state index in [0.29, 0.717) is 31.1 Å². The van der Waals surface area contributed by atoms with Crippen molar-refractivity contribution >= 4 is 28.2 Å². The van der Waals surface area contributed by atoms with Crippen LogP contribution < -0.4 is 0 Å². The summed E-state index contributed by atoms with van der Waals surface area (Å²) in [4.78, 5) is 18.7. The number of thiophene rings is 1. The molecular weight excluding hydrogens is 374 g/mol. The highest BCUT2D eigenvalue weighted by molar-refractivity contribution is 7.08. The highest BCUT2D eigenvalue weighted by atomic mass is 32.1. The first-order valence-corrected chi connectivity index (χ1v) is 10.2. The van der Waals surface area contributed by atoms with Crippen molar-refractivity contribution in [3.05, 3.63) is 58.3 Å². The van der Waals surface area contributed by atoms with Gasteiger partial charge in [-0.05, 0) is 17.5 Å².